The molecule has 10 heteroatoms. The predicted molar refractivity (Wildman–Crippen MR) is 74.9 cm³/mol. The highest BCUT2D eigenvalue weighted by molar-refractivity contribution is 7.71. The van der Waals surface area contributed by atoms with Crippen LogP contribution in [0.1, 0.15) is 6.23 Å². The van der Waals surface area contributed by atoms with E-state index in [2.05, 4.69) is 15.0 Å². The fourth-order valence-corrected chi connectivity index (χ4v) is 2.60. The highest BCUT2D eigenvalue weighted by atomic mass is 32.1. The second-order valence-corrected chi connectivity index (χ2v) is 5.17. The van der Waals surface area contributed by atoms with Crippen LogP contribution in [0.3, 0.4) is 0 Å². The molecule has 0 saturated carbocycles. The predicted octanol–water partition coefficient (Wildman–Crippen LogP) is -0.663. The lowest BCUT2D eigenvalue weighted by Gasteiger charge is -2.16. The molecule has 0 radical (unpaired) electrons. The van der Waals surface area contributed by atoms with Crippen molar-refractivity contribution in [2.75, 3.05) is 19.5 Å². The van der Waals surface area contributed by atoms with Gasteiger partial charge in [0.1, 0.15) is 29.6 Å². The summed E-state index contributed by atoms with van der Waals surface area (Å²) in [7, 11) is 1.49. The monoisotopic (exact) mass is 313 g/mol. The Bertz CT molecular complexity index is 716. The first kappa shape index (κ1) is 14.4. The van der Waals surface area contributed by atoms with E-state index in [1.807, 2.05) is 0 Å². The maximum Gasteiger partial charge on any atom is 0.200 e. The second kappa shape index (κ2) is 5.31. The third-order valence-corrected chi connectivity index (χ3v) is 3.61. The number of ether oxygens (including phenoxy) is 2. The Labute approximate surface area is 124 Å². The smallest absolute Gasteiger partial charge is 0.200 e. The Morgan fingerprint density at radius 3 is 3.00 bits per heavy atom. The molecule has 1 fully saturated rings. The van der Waals surface area contributed by atoms with E-state index in [9.17, 15) is 10.2 Å². The minimum atomic E-state index is -1.14. The van der Waals surface area contributed by atoms with E-state index >= 15 is 0 Å². The molecule has 114 valence electrons. The van der Waals surface area contributed by atoms with E-state index in [1.165, 1.54) is 18.0 Å². The van der Waals surface area contributed by atoms with Crippen LogP contribution < -0.4 is 5.73 Å². The van der Waals surface area contributed by atoms with Gasteiger partial charge in [-0.05, 0) is 12.2 Å². The summed E-state index contributed by atoms with van der Waals surface area (Å²) in [6.45, 7) is 0.164. The first-order chi connectivity index (χ1) is 10.0. The summed E-state index contributed by atoms with van der Waals surface area (Å²) in [5.41, 5.74) is 6.60. The van der Waals surface area contributed by atoms with Gasteiger partial charge in [0.2, 0.25) is 0 Å². The molecule has 5 N–H and O–H groups in total. The molecule has 1 aliphatic heterocycles. The number of nitrogens with two attached hydrogens (primary N) is 1. The second-order valence-electron chi connectivity index (χ2n) is 4.78. The molecule has 0 amide bonds. The molecule has 4 atom stereocenters. The zero-order valence-corrected chi connectivity index (χ0v) is 11.9. The van der Waals surface area contributed by atoms with Gasteiger partial charge in [0, 0.05) is 7.11 Å². The minimum Gasteiger partial charge on any atom is -0.387 e. The number of aromatic amines is 1. The molecule has 9 nitrogen and oxygen atoms in total. The molecule has 0 aliphatic carbocycles. The van der Waals surface area contributed by atoms with Crippen molar-refractivity contribution < 1.29 is 19.7 Å². The van der Waals surface area contributed by atoms with Gasteiger partial charge < -0.3 is 30.4 Å². The molecule has 0 spiro atoms. The highest BCUT2D eigenvalue weighted by Gasteiger charge is 2.44. The number of nitrogen functional groups attached to an aromatic ring is 1. The third kappa shape index (κ3) is 2.30. The number of fused-ring (bicyclic) bond motifs is 1. The number of anilines is 1. The third-order valence-electron chi connectivity index (χ3n) is 3.41. The molecule has 0 aromatic carbocycles. The van der Waals surface area contributed by atoms with Crippen molar-refractivity contribution in [3.05, 3.63) is 11.1 Å². The molecule has 21 heavy (non-hydrogen) atoms. The van der Waals surface area contributed by atoms with Gasteiger partial charge in [0.05, 0.1) is 12.9 Å². The van der Waals surface area contributed by atoms with Gasteiger partial charge in [-0.25, -0.2) is 4.98 Å². The van der Waals surface area contributed by atoms with Crippen molar-refractivity contribution in [1.82, 2.24) is 19.5 Å². The molecular formula is C11H15N5O4S. The maximum atomic E-state index is 10.2. The van der Waals surface area contributed by atoms with Crippen molar-refractivity contribution in [3.8, 4) is 0 Å². The number of H-pyrrole nitrogens is 1. The lowest BCUT2D eigenvalue weighted by Crippen LogP contribution is -2.33. The van der Waals surface area contributed by atoms with Crippen LogP contribution in [0.5, 0.6) is 0 Å². The number of imidazole rings is 1. The normalized spacial score (nSPS) is 29.3. The van der Waals surface area contributed by atoms with Crippen molar-refractivity contribution in [2.45, 2.75) is 24.5 Å². The summed E-state index contributed by atoms with van der Waals surface area (Å²) in [6.07, 6.45) is -2.24. The summed E-state index contributed by atoms with van der Waals surface area (Å²) in [4.78, 5) is 11.0. The highest BCUT2D eigenvalue weighted by Crippen LogP contribution is 2.31. The zero-order chi connectivity index (χ0) is 15.1. The molecule has 2 aromatic heterocycles. The summed E-state index contributed by atoms with van der Waals surface area (Å²) < 4.78 is 12.3. The number of nitrogens with zero attached hydrogens (tertiary/aromatic N) is 3. The van der Waals surface area contributed by atoms with Gasteiger partial charge in [-0.15, -0.1) is 0 Å². The molecule has 1 aliphatic rings. The van der Waals surface area contributed by atoms with Crippen LogP contribution in [-0.4, -0.2) is 61.8 Å². The van der Waals surface area contributed by atoms with Crippen molar-refractivity contribution in [1.29, 1.82) is 0 Å². The standard InChI is InChI=1S/C11H15N5O4S/c1-19-2-4-6(17)7(18)10(20-4)16-3-13-5-8(12)14-11(21)15-9(5)16/h3-4,6-7,10,17-18H,2H2,1H3,(H3,12,14,15,21)/t4-,6-,7-,10-/m1/s1. The summed E-state index contributed by atoms with van der Waals surface area (Å²) >= 11 is 4.98. The van der Waals surface area contributed by atoms with Gasteiger partial charge in [0.25, 0.3) is 0 Å². The van der Waals surface area contributed by atoms with Gasteiger partial charge in [-0.3, -0.25) is 4.57 Å². The zero-order valence-electron chi connectivity index (χ0n) is 11.1. The molecule has 3 rings (SSSR count). The summed E-state index contributed by atoms with van der Waals surface area (Å²) in [5, 5.41) is 20.1. The van der Waals surface area contributed by atoms with Gasteiger partial charge in [-0.1, -0.05) is 0 Å². The van der Waals surface area contributed by atoms with Gasteiger partial charge >= 0.3 is 0 Å². The van der Waals surface area contributed by atoms with Crippen LogP contribution in [0.2, 0.25) is 0 Å². The lowest BCUT2D eigenvalue weighted by molar-refractivity contribution is -0.0580. The molecule has 1 saturated heterocycles. The number of aliphatic hydroxyl groups is 2. The van der Waals surface area contributed by atoms with Crippen molar-refractivity contribution in [3.63, 3.8) is 0 Å². The molecule has 3 heterocycles. The van der Waals surface area contributed by atoms with E-state index in [4.69, 9.17) is 27.4 Å². The van der Waals surface area contributed by atoms with Crippen LogP contribution in [0.4, 0.5) is 5.82 Å². The summed E-state index contributed by atoms with van der Waals surface area (Å²) in [6, 6.07) is 0. The largest absolute Gasteiger partial charge is 0.387 e. The SMILES string of the molecule is COC[C@H]1O[C@@H](n2cnc3c(N)[nH]c(=S)nc32)[C@H](O)[C@@H]1O. The molecule has 0 bridgehead atoms. The van der Waals surface area contributed by atoms with E-state index in [1.54, 1.807) is 0 Å². The first-order valence-corrected chi connectivity index (χ1v) is 6.66. The van der Waals surface area contributed by atoms with Crippen LogP contribution in [0.25, 0.3) is 11.2 Å². The number of aliphatic hydroxyl groups excluding tert-OH is 2. The van der Waals surface area contributed by atoms with Crippen LogP contribution in [0, 0.1) is 4.77 Å². The Morgan fingerprint density at radius 1 is 1.52 bits per heavy atom. The van der Waals surface area contributed by atoms with E-state index < -0.39 is 24.5 Å². The van der Waals surface area contributed by atoms with E-state index in [-0.39, 0.29) is 17.2 Å². The van der Waals surface area contributed by atoms with Gasteiger partial charge in [0.15, 0.2) is 16.6 Å². The van der Waals surface area contributed by atoms with E-state index in [0.29, 0.717) is 11.2 Å². The Morgan fingerprint density at radius 2 is 2.29 bits per heavy atom. The Kier molecular flexibility index (Phi) is 3.63. The maximum absolute atomic E-state index is 10.2. The number of hydrogen-bond donors (Lipinski definition) is 4. The van der Waals surface area contributed by atoms with Crippen molar-refractivity contribution >= 4 is 29.2 Å². The van der Waals surface area contributed by atoms with Crippen LogP contribution >= 0.6 is 12.2 Å². The fourth-order valence-electron chi connectivity index (χ4n) is 2.40. The van der Waals surface area contributed by atoms with E-state index in [0.717, 1.165) is 0 Å². The van der Waals surface area contributed by atoms with Crippen molar-refractivity contribution in [2.24, 2.45) is 0 Å². The molecule has 0 unspecified atom stereocenters. The average Bonchev–Trinajstić information content (AvgIpc) is 2.96. The number of methoxy groups -OCH3 is 1. The Hall–Kier alpha value is -1.59. The van der Waals surface area contributed by atoms with Gasteiger partial charge in [-0.2, -0.15) is 4.98 Å². The molecular weight excluding hydrogens is 298 g/mol. The average molecular weight is 313 g/mol. The van der Waals surface area contributed by atoms with Crippen LogP contribution in [0.15, 0.2) is 6.33 Å². The lowest BCUT2D eigenvalue weighted by atomic mass is 10.1. The topological polar surface area (TPSA) is 131 Å². The van der Waals surface area contributed by atoms with Crippen LogP contribution in [-0.2, 0) is 9.47 Å². The minimum absolute atomic E-state index is 0.164. The fraction of sp³-hybridized carbons (Fsp3) is 0.545. The Balaban J connectivity index is 2.03. The summed E-state index contributed by atoms with van der Waals surface area (Å²) in [5.74, 6) is 0.283. The first-order valence-electron chi connectivity index (χ1n) is 6.25. The number of rotatable bonds is 3. The number of aromatic nitrogens is 4. The number of hydrogen-bond acceptors (Lipinski definition) is 8. The molecule has 2 aromatic rings. The quantitative estimate of drug-likeness (QED) is 0.549. The number of nitrogens with one attached hydrogen (secondary N) is 1.